The molecule has 0 aliphatic rings. The van der Waals surface area contributed by atoms with Gasteiger partial charge in [0.25, 0.3) is 0 Å². The second kappa shape index (κ2) is 6.86. The molecule has 0 heterocycles. The largest absolute Gasteiger partial charge is 0.305 e. The van der Waals surface area contributed by atoms with Gasteiger partial charge in [-0.15, -0.1) is 0 Å². The van der Waals surface area contributed by atoms with Gasteiger partial charge in [0.2, 0.25) is 0 Å². The van der Waals surface area contributed by atoms with E-state index in [1.807, 2.05) is 26.8 Å². The Labute approximate surface area is 92.7 Å². The maximum absolute atomic E-state index is 5.90. The van der Waals surface area contributed by atoms with Crippen LogP contribution in [-0.4, -0.2) is 19.0 Å². The van der Waals surface area contributed by atoms with Crippen LogP contribution in [0.25, 0.3) is 0 Å². The van der Waals surface area contributed by atoms with Crippen molar-refractivity contribution in [2.45, 2.75) is 27.3 Å². The number of hydrogen-bond acceptors (Lipinski definition) is 1. The Morgan fingerprint density at radius 2 is 1.79 bits per heavy atom. The van der Waals surface area contributed by atoms with E-state index >= 15 is 0 Å². The van der Waals surface area contributed by atoms with Gasteiger partial charge < -0.3 is 4.90 Å². The molecule has 0 amide bonds. The van der Waals surface area contributed by atoms with Gasteiger partial charge in [0.1, 0.15) is 0 Å². The van der Waals surface area contributed by atoms with Crippen LogP contribution in [0.1, 0.15) is 25.0 Å². The fourth-order valence-electron chi connectivity index (χ4n) is 1.17. The molecule has 0 saturated heterocycles. The summed E-state index contributed by atoms with van der Waals surface area (Å²) in [6.45, 7) is 7.00. The van der Waals surface area contributed by atoms with E-state index in [9.17, 15) is 0 Å². The van der Waals surface area contributed by atoms with E-state index in [0.717, 1.165) is 17.1 Å². The molecule has 0 N–H and O–H groups in total. The summed E-state index contributed by atoms with van der Waals surface area (Å²) < 4.78 is 0. The molecule has 0 aromatic heterocycles. The molecule has 1 aromatic carbocycles. The molecule has 2 heteroatoms. The van der Waals surface area contributed by atoms with E-state index in [4.69, 9.17) is 11.6 Å². The maximum Gasteiger partial charge on any atom is 0.0435 e. The molecular weight excluding hydrogens is 194 g/mol. The molecule has 0 radical (unpaired) electrons. The average molecular weight is 214 g/mol. The highest BCUT2D eigenvalue weighted by atomic mass is 35.5. The van der Waals surface area contributed by atoms with Crippen LogP contribution in [-0.2, 0) is 6.54 Å². The third-order valence-corrected chi connectivity index (χ3v) is 2.15. The minimum atomic E-state index is 0.845. The van der Waals surface area contributed by atoms with E-state index in [1.165, 1.54) is 5.56 Å². The van der Waals surface area contributed by atoms with E-state index < -0.39 is 0 Å². The van der Waals surface area contributed by atoms with Crippen molar-refractivity contribution < 1.29 is 0 Å². The third-order valence-electron chi connectivity index (χ3n) is 1.72. The average Bonchev–Trinajstić information content (AvgIpc) is 2.14. The fourth-order valence-corrected chi connectivity index (χ4v) is 1.29. The van der Waals surface area contributed by atoms with Gasteiger partial charge in [0, 0.05) is 11.6 Å². The van der Waals surface area contributed by atoms with Crippen LogP contribution >= 0.6 is 11.6 Å². The molecule has 0 aliphatic heterocycles. The molecule has 0 saturated carbocycles. The first-order valence-electron chi connectivity index (χ1n) is 4.99. The van der Waals surface area contributed by atoms with E-state index in [-0.39, 0.29) is 0 Å². The van der Waals surface area contributed by atoms with Crippen LogP contribution in [0.3, 0.4) is 0 Å². The summed E-state index contributed by atoms with van der Waals surface area (Å²) in [4.78, 5) is 2.14. The maximum atomic E-state index is 5.90. The molecule has 0 spiro atoms. The lowest BCUT2D eigenvalue weighted by Gasteiger charge is -2.10. The lowest BCUT2D eigenvalue weighted by Crippen LogP contribution is -2.10. The smallest absolute Gasteiger partial charge is 0.0435 e. The third kappa shape index (κ3) is 4.64. The van der Waals surface area contributed by atoms with E-state index in [0.29, 0.717) is 0 Å². The number of halogens is 1. The molecule has 1 nitrogen and oxygen atoms in total. The second-order valence-corrected chi connectivity index (χ2v) is 3.73. The summed E-state index contributed by atoms with van der Waals surface area (Å²) in [7, 11) is 4.12. The Morgan fingerprint density at radius 1 is 1.21 bits per heavy atom. The molecule has 0 fully saturated rings. The molecule has 1 aromatic rings. The van der Waals surface area contributed by atoms with Crippen LogP contribution in [0.15, 0.2) is 18.2 Å². The Hall–Kier alpha value is -0.530. The highest BCUT2D eigenvalue weighted by molar-refractivity contribution is 6.31. The number of aryl methyl sites for hydroxylation is 1. The Kier molecular flexibility index (Phi) is 6.60. The van der Waals surface area contributed by atoms with Gasteiger partial charge in [-0.25, -0.2) is 0 Å². The minimum absolute atomic E-state index is 0.845. The minimum Gasteiger partial charge on any atom is -0.305 e. The van der Waals surface area contributed by atoms with Crippen molar-refractivity contribution in [2.75, 3.05) is 14.1 Å². The lowest BCUT2D eigenvalue weighted by atomic mass is 10.1. The first-order valence-corrected chi connectivity index (χ1v) is 5.37. The highest BCUT2D eigenvalue weighted by Crippen LogP contribution is 2.16. The number of hydrogen-bond donors (Lipinski definition) is 0. The second-order valence-electron chi connectivity index (χ2n) is 3.32. The topological polar surface area (TPSA) is 3.24 Å². The number of nitrogens with zero attached hydrogens (tertiary/aromatic N) is 1. The summed E-state index contributed by atoms with van der Waals surface area (Å²) in [6.07, 6.45) is 0. The SMILES string of the molecule is CC.Cc1cc(CN(C)C)ccc1Cl. The van der Waals surface area contributed by atoms with Crippen LogP contribution in [0, 0.1) is 6.92 Å². The summed E-state index contributed by atoms with van der Waals surface area (Å²) in [5, 5.41) is 0.845. The van der Waals surface area contributed by atoms with E-state index in [2.05, 4.69) is 31.1 Å². The van der Waals surface area contributed by atoms with Crippen molar-refractivity contribution in [3.05, 3.63) is 34.3 Å². The van der Waals surface area contributed by atoms with E-state index in [1.54, 1.807) is 0 Å². The van der Waals surface area contributed by atoms with Gasteiger partial charge in [0.15, 0.2) is 0 Å². The molecule has 0 unspecified atom stereocenters. The fraction of sp³-hybridized carbons (Fsp3) is 0.500. The van der Waals surface area contributed by atoms with Crippen molar-refractivity contribution in [3.8, 4) is 0 Å². The van der Waals surface area contributed by atoms with Crippen LogP contribution in [0.4, 0.5) is 0 Å². The molecule has 0 aliphatic carbocycles. The molecule has 1 rings (SSSR count). The van der Waals surface area contributed by atoms with Gasteiger partial charge in [-0.3, -0.25) is 0 Å². The highest BCUT2D eigenvalue weighted by Gasteiger charge is 1.98. The predicted octanol–water partition coefficient (Wildman–Crippen LogP) is 3.74. The Morgan fingerprint density at radius 3 is 2.21 bits per heavy atom. The van der Waals surface area contributed by atoms with Gasteiger partial charge >= 0.3 is 0 Å². The molecule has 0 bridgehead atoms. The summed E-state index contributed by atoms with van der Waals surface area (Å²) in [5.41, 5.74) is 2.46. The lowest BCUT2D eigenvalue weighted by molar-refractivity contribution is 0.402. The van der Waals surface area contributed by atoms with Gasteiger partial charge in [-0.05, 0) is 38.2 Å². The zero-order valence-electron chi connectivity index (χ0n) is 9.76. The molecule has 80 valence electrons. The molecule has 14 heavy (non-hydrogen) atoms. The normalized spacial score (nSPS) is 9.64. The first kappa shape index (κ1) is 13.5. The monoisotopic (exact) mass is 213 g/mol. The van der Waals surface area contributed by atoms with Crippen molar-refractivity contribution >= 4 is 11.6 Å². The quantitative estimate of drug-likeness (QED) is 0.724. The summed E-state index contributed by atoms with van der Waals surface area (Å²) >= 11 is 5.90. The van der Waals surface area contributed by atoms with Crippen molar-refractivity contribution in [1.29, 1.82) is 0 Å². The zero-order chi connectivity index (χ0) is 11.1. The Balaban J connectivity index is 0.000000791. The summed E-state index contributed by atoms with van der Waals surface area (Å²) in [5.74, 6) is 0. The van der Waals surface area contributed by atoms with Gasteiger partial charge in [0.05, 0.1) is 0 Å². The Bertz CT molecular complexity index is 269. The number of benzene rings is 1. The predicted molar refractivity (Wildman–Crippen MR) is 64.9 cm³/mol. The van der Waals surface area contributed by atoms with Gasteiger partial charge in [-0.2, -0.15) is 0 Å². The molecule has 0 atom stereocenters. The zero-order valence-corrected chi connectivity index (χ0v) is 10.5. The van der Waals surface area contributed by atoms with Crippen LogP contribution in [0.5, 0.6) is 0 Å². The standard InChI is InChI=1S/C10H14ClN.C2H6/c1-8-6-9(7-12(2)3)4-5-10(8)11;1-2/h4-6H,7H2,1-3H3;1-2H3. The first-order chi connectivity index (χ1) is 6.59. The van der Waals surface area contributed by atoms with Crippen molar-refractivity contribution in [1.82, 2.24) is 4.90 Å². The summed E-state index contributed by atoms with van der Waals surface area (Å²) in [6, 6.07) is 6.15. The number of rotatable bonds is 2. The van der Waals surface area contributed by atoms with Gasteiger partial charge in [-0.1, -0.05) is 37.6 Å². The molecular formula is C12H20ClN. The van der Waals surface area contributed by atoms with Crippen LogP contribution < -0.4 is 0 Å². The van der Waals surface area contributed by atoms with Crippen LogP contribution in [0.2, 0.25) is 5.02 Å². The van der Waals surface area contributed by atoms with Crippen molar-refractivity contribution in [2.24, 2.45) is 0 Å². The van der Waals surface area contributed by atoms with Crippen molar-refractivity contribution in [3.63, 3.8) is 0 Å².